The van der Waals surface area contributed by atoms with Crippen molar-refractivity contribution in [2.45, 2.75) is 50.8 Å². The minimum Gasteiger partial charge on any atom is -0.388 e. The summed E-state index contributed by atoms with van der Waals surface area (Å²) in [6.07, 6.45) is 7.56. The molecule has 2 aromatic heterocycles. The Morgan fingerprint density at radius 2 is 1.97 bits per heavy atom. The molecule has 6 nitrogen and oxygen atoms in total. The number of nitrogens with one attached hydrogen (secondary N) is 2. The van der Waals surface area contributed by atoms with Gasteiger partial charge in [-0.25, -0.2) is 9.97 Å². The number of rotatable bonds is 6. The smallest absolute Gasteiger partial charge is 0.184 e. The van der Waals surface area contributed by atoms with Crippen molar-refractivity contribution in [3.05, 3.63) is 66.5 Å². The molecule has 2 atom stereocenters. The van der Waals surface area contributed by atoms with E-state index in [9.17, 15) is 5.11 Å². The zero-order valence-corrected chi connectivity index (χ0v) is 18.9. The molecule has 1 aliphatic carbocycles. The minimum absolute atomic E-state index is 0.0495. The summed E-state index contributed by atoms with van der Waals surface area (Å²) >= 11 is 1.64. The Balaban J connectivity index is 1.28. The fourth-order valence-corrected chi connectivity index (χ4v) is 5.21. The van der Waals surface area contributed by atoms with Gasteiger partial charge in [0.15, 0.2) is 5.13 Å². The number of fused-ring (bicyclic) bond motifs is 1. The van der Waals surface area contributed by atoms with Crippen LogP contribution < -0.4 is 10.6 Å². The van der Waals surface area contributed by atoms with Crippen LogP contribution in [-0.4, -0.2) is 31.7 Å². The van der Waals surface area contributed by atoms with Crippen molar-refractivity contribution in [2.75, 3.05) is 10.6 Å². The molecule has 5 rings (SSSR count). The van der Waals surface area contributed by atoms with Gasteiger partial charge in [-0.15, -0.1) is 0 Å². The zero-order chi connectivity index (χ0) is 22.0. The number of anilines is 2. The number of thiazole rings is 1. The third kappa shape index (κ3) is 4.59. The molecule has 2 aromatic carbocycles. The topological polar surface area (TPSA) is 83.0 Å². The quantitative estimate of drug-likeness (QED) is 0.365. The third-order valence-corrected chi connectivity index (χ3v) is 7.05. The van der Waals surface area contributed by atoms with Gasteiger partial charge in [-0.3, -0.25) is 4.98 Å². The van der Waals surface area contributed by atoms with E-state index in [4.69, 9.17) is 4.98 Å². The summed E-state index contributed by atoms with van der Waals surface area (Å²) in [7, 11) is 0. The Kier molecular flexibility index (Phi) is 5.76. The normalized spacial score (nSPS) is 20.9. The van der Waals surface area contributed by atoms with Crippen molar-refractivity contribution in [1.82, 2.24) is 15.0 Å². The summed E-state index contributed by atoms with van der Waals surface area (Å²) < 4.78 is 1.13. The first-order valence-electron chi connectivity index (χ1n) is 11.1. The summed E-state index contributed by atoms with van der Waals surface area (Å²) in [5, 5.41) is 18.4. The molecule has 0 aliphatic heterocycles. The molecule has 0 radical (unpaired) electrons. The van der Waals surface area contributed by atoms with Crippen LogP contribution >= 0.6 is 11.3 Å². The van der Waals surface area contributed by atoms with Crippen molar-refractivity contribution in [3.63, 3.8) is 0 Å². The van der Waals surface area contributed by atoms with Gasteiger partial charge in [0.25, 0.3) is 0 Å². The van der Waals surface area contributed by atoms with Crippen molar-refractivity contribution < 1.29 is 5.11 Å². The lowest BCUT2D eigenvalue weighted by atomic mass is 9.82. The number of aliphatic hydroxyl groups is 1. The van der Waals surface area contributed by atoms with Crippen LogP contribution in [0.3, 0.4) is 0 Å². The molecule has 32 heavy (non-hydrogen) atoms. The van der Waals surface area contributed by atoms with E-state index in [1.807, 2.05) is 37.3 Å². The Morgan fingerprint density at radius 3 is 2.81 bits per heavy atom. The molecule has 4 aromatic rings. The number of nitrogens with zero attached hydrogens (tertiary/aromatic N) is 3. The van der Waals surface area contributed by atoms with Crippen LogP contribution in [-0.2, 0) is 6.54 Å². The van der Waals surface area contributed by atoms with Gasteiger partial charge in [-0.1, -0.05) is 60.6 Å². The van der Waals surface area contributed by atoms with E-state index in [2.05, 4.69) is 38.8 Å². The van der Waals surface area contributed by atoms with Crippen LogP contribution in [0.1, 0.15) is 38.2 Å². The summed E-state index contributed by atoms with van der Waals surface area (Å²) in [6.45, 7) is 2.58. The molecule has 2 heterocycles. The molecule has 0 spiro atoms. The molecule has 3 N–H and O–H groups in total. The minimum atomic E-state index is -0.680. The monoisotopic (exact) mass is 445 g/mol. The lowest BCUT2D eigenvalue weighted by Gasteiger charge is -2.37. The highest BCUT2D eigenvalue weighted by Gasteiger charge is 2.34. The fourth-order valence-electron chi connectivity index (χ4n) is 4.23. The number of hydrogen-bond donors (Lipinski definition) is 3. The SMILES string of the molecule is C[C@]1(O)CCCC[C@@H]1Nc1nc2ccc(CNc3cncc(-c4ccccc4)n3)cc2s1. The maximum atomic E-state index is 10.7. The lowest BCUT2D eigenvalue weighted by Crippen LogP contribution is -2.46. The highest BCUT2D eigenvalue weighted by Crippen LogP contribution is 2.33. The summed E-state index contributed by atoms with van der Waals surface area (Å²) in [5.74, 6) is 0.748. The Morgan fingerprint density at radius 1 is 1.09 bits per heavy atom. The second kappa shape index (κ2) is 8.84. The largest absolute Gasteiger partial charge is 0.388 e. The van der Waals surface area contributed by atoms with Crippen molar-refractivity contribution in [2.24, 2.45) is 0 Å². The maximum absolute atomic E-state index is 10.7. The van der Waals surface area contributed by atoms with Gasteiger partial charge in [0.05, 0.1) is 39.9 Å². The summed E-state index contributed by atoms with van der Waals surface area (Å²) in [5.41, 5.74) is 3.35. The van der Waals surface area contributed by atoms with Crippen LogP contribution in [0.15, 0.2) is 60.9 Å². The van der Waals surface area contributed by atoms with Gasteiger partial charge in [-0.05, 0) is 37.5 Å². The van der Waals surface area contributed by atoms with Crippen LogP contribution in [0, 0.1) is 0 Å². The lowest BCUT2D eigenvalue weighted by molar-refractivity contribution is 0.0106. The summed E-state index contributed by atoms with van der Waals surface area (Å²) in [4.78, 5) is 13.7. The van der Waals surface area contributed by atoms with E-state index >= 15 is 0 Å². The molecular formula is C25H27N5OS. The van der Waals surface area contributed by atoms with Crippen LogP contribution in [0.25, 0.3) is 21.5 Å². The zero-order valence-electron chi connectivity index (χ0n) is 18.1. The average molecular weight is 446 g/mol. The fraction of sp³-hybridized carbons (Fsp3) is 0.320. The van der Waals surface area contributed by atoms with Gasteiger partial charge in [0.2, 0.25) is 0 Å². The predicted octanol–water partition coefficient (Wildman–Crippen LogP) is 5.47. The van der Waals surface area contributed by atoms with Gasteiger partial charge in [0.1, 0.15) is 5.82 Å². The van der Waals surface area contributed by atoms with Gasteiger partial charge in [0, 0.05) is 12.1 Å². The van der Waals surface area contributed by atoms with Crippen molar-refractivity contribution in [1.29, 1.82) is 0 Å². The van der Waals surface area contributed by atoms with Gasteiger partial charge in [-0.2, -0.15) is 0 Å². The van der Waals surface area contributed by atoms with Crippen molar-refractivity contribution in [3.8, 4) is 11.3 Å². The van der Waals surface area contributed by atoms with Crippen molar-refractivity contribution >= 4 is 32.5 Å². The first-order chi connectivity index (χ1) is 15.6. The second-order valence-corrected chi connectivity index (χ2v) is 9.66. The van der Waals surface area contributed by atoms with Crippen LogP contribution in [0.5, 0.6) is 0 Å². The third-order valence-electron chi connectivity index (χ3n) is 6.10. The standard InChI is InChI=1S/C25H27N5OS/c1-25(31)12-6-5-9-22(25)30-24-29-19-11-10-17(13-21(19)32-24)14-27-23-16-26-15-20(28-23)18-7-3-2-4-8-18/h2-4,7-8,10-11,13,15-16,22,31H,5-6,9,12,14H2,1H3,(H,27,28)(H,29,30)/t22-,25-/m0/s1. The molecular weight excluding hydrogens is 418 g/mol. The Bertz CT molecular complexity index is 1210. The average Bonchev–Trinajstić information content (AvgIpc) is 3.21. The predicted molar refractivity (Wildman–Crippen MR) is 131 cm³/mol. The number of aromatic nitrogens is 3. The molecule has 1 fully saturated rings. The maximum Gasteiger partial charge on any atom is 0.184 e. The van der Waals surface area contributed by atoms with Gasteiger partial charge < -0.3 is 15.7 Å². The van der Waals surface area contributed by atoms with E-state index in [-0.39, 0.29) is 6.04 Å². The molecule has 0 unspecified atom stereocenters. The van der Waals surface area contributed by atoms with E-state index in [1.54, 1.807) is 23.7 Å². The number of hydrogen-bond acceptors (Lipinski definition) is 7. The molecule has 0 bridgehead atoms. The molecule has 164 valence electrons. The molecule has 7 heteroatoms. The van der Waals surface area contributed by atoms with E-state index in [0.29, 0.717) is 6.54 Å². The first-order valence-corrected chi connectivity index (χ1v) is 11.9. The van der Waals surface area contributed by atoms with E-state index in [1.165, 1.54) is 0 Å². The Hall–Kier alpha value is -3.03. The molecule has 0 saturated heterocycles. The van der Waals surface area contributed by atoms with E-state index in [0.717, 1.165) is 63.7 Å². The second-order valence-electron chi connectivity index (χ2n) is 8.63. The van der Waals surface area contributed by atoms with Crippen LogP contribution in [0.4, 0.5) is 10.9 Å². The molecule has 1 saturated carbocycles. The highest BCUT2D eigenvalue weighted by atomic mass is 32.1. The summed E-state index contributed by atoms with van der Waals surface area (Å²) in [6, 6.07) is 16.4. The molecule has 1 aliphatic rings. The first kappa shape index (κ1) is 20.8. The molecule has 0 amide bonds. The Labute approximate surface area is 191 Å². The van der Waals surface area contributed by atoms with E-state index < -0.39 is 5.60 Å². The number of benzene rings is 2. The van der Waals surface area contributed by atoms with Gasteiger partial charge >= 0.3 is 0 Å². The highest BCUT2D eigenvalue weighted by molar-refractivity contribution is 7.22. The van der Waals surface area contributed by atoms with Crippen LogP contribution in [0.2, 0.25) is 0 Å².